The maximum Gasteiger partial charge on any atom is 0.229 e. The summed E-state index contributed by atoms with van der Waals surface area (Å²) in [5.74, 6) is 1.18. The van der Waals surface area contributed by atoms with Crippen molar-refractivity contribution >= 4 is 34.3 Å². The van der Waals surface area contributed by atoms with Crippen molar-refractivity contribution < 1.29 is 14.3 Å². The molecule has 0 aliphatic rings. The Balaban J connectivity index is 1.72. The number of ether oxygens (including phenoxy) is 2. The van der Waals surface area contributed by atoms with Crippen LogP contribution in [0.1, 0.15) is 6.92 Å². The Kier molecular flexibility index (Phi) is 6.64. The van der Waals surface area contributed by atoms with Crippen LogP contribution in [-0.4, -0.2) is 69.9 Å². The molecule has 0 saturated carbocycles. The highest BCUT2D eigenvalue weighted by Gasteiger charge is 2.17. The minimum atomic E-state index is -0.212. The molecule has 1 aromatic carbocycles. The van der Waals surface area contributed by atoms with Gasteiger partial charge in [-0.2, -0.15) is 10.1 Å². The number of hydrogen-bond acceptors (Lipinski definition) is 8. The number of benzene rings is 1. The smallest absolute Gasteiger partial charge is 0.229 e. The van der Waals surface area contributed by atoms with E-state index in [1.54, 1.807) is 30.1 Å². The molecule has 0 aliphatic heterocycles. The lowest BCUT2D eigenvalue weighted by molar-refractivity contribution is -0.114. The Morgan fingerprint density at radius 2 is 2.03 bits per heavy atom. The molecular formula is C23H28N8O3. The van der Waals surface area contributed by atoms with E-state index in [-0.39, 0.29) is 5.91 Å². The number of likely N-dealkylation sites (N-methyl/N-ethyl adjacent to an activating group) is 1. The van der Waals surface area contributed by atoms with Gasteiger partial charge in [0.2, 0.25) is 11.9 Å². The molecule has 0 saturated heterocycles. The van der Waals surface area contributed by atoms with E-state index in [1.807, 2.05) is 44.5 Å². The largest absolute Gasteiger partial charge is 0.494 e. The van der Waals surface area contributed by atoms with Gasteiger partial charge in [0.25, 0.3) is 0 Å². The lowest BCUT2D eigenvalue weighted by Crippen LogP contribution is -2.20. The number of aryl methyl sites for hydroxylation is 1. The molecule has 0 bridgehead atoms. The molecule has 4 rings (SSSR count). The zero-order valence-electron chi connectivity index (χ0n) is 19.8. The Hall–Kier alpha value is -4.12. The fourth-order valence-electron chi connectivity index (χ4n) is 3.45. The second-order valence-electron chi connectivity index (χ2n) is 8.05. The van der Waals surface area contributed by atoms with E-state index in [2.05, 4.69) is 25.7 Å². The third-order valence-corrected chi connectivity index (χ3v) is 5.05. The van der Waals surface area contributed by atoms with Crippen LogP contribution in [0.2, 0.25) is 0 Å². The number of carbonyl (C=O) groups excluding carboxylic acids is 1. The third kappa shape index (κ3) is 5.09. The molecule has 3 aromatic heterocycles. The fraction of sp³-hybridized carbons (Fsp3) is 0.304. The van der Waals surface area contributed by atoms with Gasteiger partial charge in [-0.15, -0.1) is 0 Å². The molecule has 3 N–H and O–H groups in total. The van der Waals surface area contributed by atoms with Crippen LogP contribution in [0.3, 0.4) is 0 Å². The standard InChI is InChI=1S/C23H28N8O3/c1-14(32)26-18-10-17(19(33-5)11-20(18)34-9-8-30(2)3)27-23-28-21(15-12-25-31(4)13-15)16-6-7-24-22(16)29-23/h6-7,10-13H,8-9H2,1-5H3,(H,26,32)(H2,24,27,28,29). The van der Waals surface area contributed by atoms with Crippen molar-refractivity contribution in [3.05, 3.63) is 36.8 Å². The van der Waals surface area contributed by atoms with Crippen molar-refractivity contribution in [2.45, 2.75) is 6.92 Å². The highest BCUT2D eigenvalue weighted by Crippen LogP contribution is 2.38. The van der Waals surface area contributed by atoms with Crippen LogP contribution in [0.15, 0.2) is 36.8 Å². The fourth-order valence-corrected chi connectivity index (χ4v) is 3.45. The molecule has 11 heteroatoms. The van der Waals surface area contributed by atoms with Gasteiger partial charge in [-0.25, -0.2) is 4.98 Å². The van der Waals surface area contributed by atoms with Gasteiger partial charge in [0.05, 0.1) is 30.4 Å². The molecule has 3 heterocycles. The number of anilines is 3. The maximum absolute atomic E-state index is 11.8. The number of nitrogens with zero attached hydrogens (tertiary/aromatic N) is 5. The highest BCUT2D eigenvalue weighted by atomic mass is 16.5. The minimum Gasteiger partial charge on any atom is -0.494 e. The molecule has 1 amide bonds. The Morgan fingerprint density at radius 3 is 2.71 bits per heavy atom. The molecule has 34 heavy (non-hydrogen) atoms. The van der Waals surface area contributed by atoms with Crippen molar-refractivity contribution in [2.24, 2.45) is 7.05 Å². The first kappa shape index (κ1) is 23.1. The Labute approximate surface area is 197 Å². The van der Waals surface area contributed by atoms with Crippen LogP contribution in [0, 0.1) is 0 Å². The van der Waals surface area contributed by atoms with Crippen LogP contribution in [-0.2, 0) is 11.8 Å². The van der Waals surface area contributed by atoms with Gasteiger partial charge in [0.15, 0.2) is 0 Å². The molecule has 0 unspecified atom stereocenters. The van der Waals surface area contributed by atoms with E-state index in [0.717, 1.165) is 23.2 Å². The van der Waals surface area contributed by atoms with E-state index in [1.165, 1.54) is 6.92 Å². The van der Waals surface area contributed by atoms with E-state index < -0.39 is 0 Å². The number of hydrogen-bond donors (Lipinski definition) is 3. The second-order valence-corrected chi connectivity index (χ2v) is 8.05. The van der Waals surface area contributed by atoms with E-state index in [4.69, 9.17) is 14.5 Å². The molecule has 4 aromatic rings. The number of rotatable bonds is 9. The first-order valence-electron chi connectivity index (χ1n) is 10.7. The van der Waals surface area contributed by atoms with Gasteiger partial charge < -0.3 is 30.0 Å². The van der Waals surface area contributed by atoms with E-state index in [0.29, 0.717) is 41.1 Å². The molecule has 0 radical (unpaired) electrons. The molecule has 0 spiro atoms. The Morgan fingerprint density at radius 1 is 1.21 bits per heavy atom. The van der Waals surface area contributed by atoms with Crippen molar-refractivity contribution in [3.8, 4) is 22.8 Å². The van der Waals surface area contributed by atoms with Crippen LogP contribution in [0.25, 0.3) is 22.3 Å². The number of fused-ring (bicyclic) bond motifs is 1. The summed E-state index contributed by atoms with van der Waals surface area (Å²) in [5, 5.41) is 11.2. The van der Waals surface area contributed by atoms with Crippen LogP contribution >= 0.6 is 0 Å². The minimum absolute atomic E-state index is 0.212. The molecule has 178 valence electrons. The highest BCUT2D eigenvalue weighted by molar-refractivity contribution is 5.93. The monoisotopic (exact) mass is 464 g/mol. The summed E-state index contributed by atoms with van der Waals surface area (Å²) in [4.78, 5) is 26.3. The average Bonchev–Trinajstić information content (AvgIpc) is 3.42. The predicted octanol–water partition coefficient (Wildman–Crippen LogP) is 3.01. The summed E-state index contributed by atoms with van der Waals surface area (Å²) in [5.41, 5.74) is 3.39. The lowest BCUT2D eigenvalue weighted by atomic mass is 10.2. The summed E-state index contributed by atoms with van der Waals surface area (Å²) < 4.78 is 13.2. The number of aromatic amines is 1. The van der Waals surface area contributed by atoms with Crippen LogP contribution < -0.4 is 20.1 Å². The zero-order chi connectivity index (χ0) is 24.2. The van der Waals surface area contributed by atoms with E-state index >= 15 is 0 Å². The van der Waals surface area contributed by atoms with Crippen molar-refractivity contribution in [3.63, 3.8) is 0 Å². The second kappa shape index (κ2) is 9.79. The topological polar surface area (TPSA) is 122 Å². The van der Waals surface area contributed by atoms with Crippen LogP contribution in [0.5, 0.6) is 11.5 Å². The van der Waals surface area contributed by atoms with Crippen molar-refractivity contribution in [2.75, 3.05) is 45.0 Å². The number of carbonyl (C=O) groups is 1. The van der Waals surface area contributed by atoms with E-state index in [9.17, 15) is 4.79 Å². The van der Waals surface area contributed by atoms with Gasteiger partial charge in [0.1, 0.15) is 23.8 Å². The quantitative estimate of drug-likeness (QED) is 0.346. The average molecular weight is 465 g/mol. The maximum atomic E-state index is 11.8. The van der Waals surface area contributed by atoms with Gasteiger partial charge in [-0.05, 0) is 26.2 Å². The molecule has 0 fully saturated rings. The van der Waals surface area contributed by atoms with Crippen LogP contribution in [0.4, 0.5) is 17.3 Å². The summed E-state index contributed by atoms with van der Waals surface area (Å²) in [6, 6.07) is 5.41. The summed E-state index contributed by atoms with van der Waals surface area (Å²) >= 11 is 0. The van der Waals surface area contributed by atoms with Gasteiger partial charge in [0, 0.05) is 49.9 Å². The number of nitrogens with one attached hydrogen (secondary N) is 3. The Bertz CT molecular complexity index is 1310. The molecule has 11 nitrogen and oxygen atoms in total. The molecule has 0 atom stereocenters. The van der Waals surface area contributed by atoms with Gasteiger partial charge >= 0.3 is 0 Å². The van der Waals surface area contributed by atoms with Crippen molar-refractivity contribution in [1.82, 2.24) is 29.6 Å². The van der Waals surface area contributed by atoms with Gasteiger partial charge in [-0.1, -0.05) is 0 Å². The first-order valence-corrected chi connectivity index (χ1v) is 10.7. The number of methoxy groups -OCH3 is 1. The van der Waals surface area contributed by atoms with Gasteiger partial charge in [-0.3, -0.25) is 9.48 Å². The zero-order valence-corrected chi connectivity index (χ0v) is 19.8. The van der Waals surface area contributed by atoms with Crippen molar-refractivity contribution in [1.29, 1.82) is 0 Å². The number of amides is 1. The third-order valence-electron chi connectivity index (χ3n) is 5.05. The first-order chi connectivity index (χ1) is 16.3. The number of H-pyrrole nitrogens is 1. The lowest BCUT2D eigenvalue weighted by Gasteiger charge is -2.18. The normalized spacial score (nSPS) is 11.1. The molecular weight excluding hydrogens is 436 g/mol. The predicted molar refractivity (Wildman–Crippen MR) is 131 cm³/mol. The summed E-state index contributed by atoms with van der Waals surface area (Å²) in [7, 11) is 7.35. The summed E-state index contributed by atoms with van der Waals surface area (Å²) in [6.07, 6.45) is 5.47. The molecule has 0 aliphatic carbocycles. The summed E-state index contributed by atoms with van der Waals surface area (Å²) in [6.45, 7) is 2.63. The number of aromatic nitrogens is 5. The SMILES string of the molecule is COc1cc(OCCN(C)C)c(NC(C)=O)cc1Nc1nc(-c2cnn(C)c2)c2cc[nH]c2n1.